The smallest absolute Gasteiger partial charge is 0.253 e. The van der Waals surface area contributed by atoms with E-state index >= 15 is 0 Å². The fourth-order valence-electron chi connectivity index (χ4n) is 5.34. The third kappa shape index (κ3) is 11.8. The Labute approximate surface area is 345 Å². The van der Waals surface area contributed by atoms with Gasteiger partial charge in [-0.1, -0.05) is 78.3 Å². The molecule has 0 aliphatic carbocycles. The van der Waals surface area contributed by atoms with Crippen LogP contribution in [-0.4, -0.2) is 51.6 Å². The number of carbonyl (C=O) groups is 3. The zero-order chi connectivity index (χ0) is 41.4. The van der Waals surface area contributed by atoms with Crippen LogP contribution in [0.5, 0.6) is 0 Å². The molecule has 6 rings (SSSR count). The normalized spacial score (nSPS) is 10.3. The fraction of sp³-hybridized carbons (Fsp3) is 0.119. The van der Waals surface area contributed by atoms with Crippen LogP contribution in [0.4, 0.5) is 46.3 Å². The van der Waals surface area contributed by atoms with E-state index in [1.165, 1.54) is 18.5 Å². The van der Waals surface area contributed by atoms with Crippen LogP contribution in [-0.2, 0) is 17.8 Å². The maximum Gasteiger partial charge on any atom is 0.253 e. The highest BCUT2D eigenvalue weighted by Crippen LogP contribution is 2.29. The van der Waals surface area contributed by atoms with E-state index in [0.717, 1.165) is 22.5 Å². The molecular weight excluding hydrogens is 777 g/mol. The first-order chi connectivity index (χ1) is 28.1. The molecule has 58 heavy (non-hydrogen) atoms. The molecule has 16 heteroatoms. The summed E-state index contributed by atoms with van der Waals surface area (Å²) in [6.07, 6.45) is 5.33. The van der Waals surface area contributed by atoms with Crippen LogP contribution in [0.2, 0.25) is 10.0 Å². The SMILES string of the molecule is C=CC(=O)CCc1cccc(Nc2ncc(Cl)c(Nc3ccccc3C(=O)NC)n2)c1.CNC(=O)c1ccccc1Nc1nc(Nc2cccc(CN)c2)ncc1Cl. The lowest BCUT2D eigenvalue weighted by Crippen LogP contribution is -2.19. The molecule has 0 atom stereocenters. The topological polar surface area (TPSA) is 201 Å². The van der Waals surface area contributed by atoms with Gasteiger partial charge in [-0.25, -0.2) is 9.97 Å². The number of anilines is 8. The number of hydrogen-bond acceptors (Lipinski definition) is 12. The monoisotopic (exact) mass is 817 g/mol. The molecule has 14 nitrogen and oxygen atoms in total. The summed E-state index contributed by atoms with van der Waals surface area (Å²) >= 11 is 12.5. The van der Waals surface area contributed by atoms with E-state index in [4.69, 9.17) is 28.9 Å². The second-order valence-electron chi connectivity index (χ2n) is 12.3. The number of halogens is 2. The van der Waals surface area contributed by atoms with Gasteiger partial charge in [-0.2, -0.15) is 9.97 Å². The number of aromatic nitrogens is 4. The van der Waals surface area contributed by atoms with Crippen LogP contribution >= 0.6 is 23.2 Å². The van der Waals surface area contributed by atoms with Crippen LogP contribution in [0.25, 0.3) is 0 Å². The molecule has 296 valence electrons. The van der Waals surface area contributed by atoms with Crippen molar-refractivity contribution in [2.75, 3.05) is 35.4 Å². The number of nitrogens with one attached hydrogen (secondary N) is 6. The molecular formula is C42H41Cl2N11O3. The summed E-state index contributed by atoms with van der Waals surface area (Å²) in [5.41, 5.74) is 11.4. The predicted molar refractivity (Wildman–Crippen MR) is 231 cm³/mol. The zero-order valence-corrected chi connectivity index (χ0v) is 33.2. The molecule has 2 amide bonds. The number of para-hydroxylation sites is 2. The number of aryl methyl sites for hydroxylation is 1. The summed E-state index contributed by atoms with van der Waals surface area (Å²) in [5, 5.41) is 18.3. The highest BCUT2D eigenvalue weighted by Gasteiger charge is 2.14. The van der Waals surface area contributed by atoms with Crippen LogP contribution in [0, 0.1) is 0 Å². The molecule has 0 saturated carbocycles. The Balaban J connectivity index is 0.000000223. The first-order valence-electron chi connectivity index (χ1n) is 17.9. The molecule has 2 heterocycles. The standard InChI is InChI=1S/C23H22ClN5O2.C19H19ClN6O/c1-3-17(30)12-11-15-7-6-8-16(13-15)27-23-26-14-19(24)21(29-23)28-20-10-5-4-9-18(20)22(31)25-2;1-22-18(27)14-7-2-3-8-16(14)25-17-15(20)11-23-19(26-17)24-13-6-4-5-12(9-13)10-21/h3-10,13-14H,1,11-12H2,2H3,(H,25,31)(H2,26,27,28,29);2-9,11H,10,21H2,1H3,(H,22,27)(H2,23,24,25,26). The Morgan fingerprint density at radius 3 is 1.59 bits per heavy atom. The highest BCUT2D eigenvalue weighted by atomic mass is 35.5. The Bertz CT molecular complexity index is 2410. The number of carbonyl (C=O) groups excluding carboxylic acids is 3. The molecule has 0 fully saturated rings. The van der Waals surface area contributed by atoms with Gasteiger partial charge in [0.1, 0.15) is 10.0 Å². The Morgan fingerprint density at radius 2 is 1.12 bits per heavy atom. The van der Waals surface area contributed by atoms with E-state index in [0.29, 0.717) is 75.5 Å². The molecule has 0 unspecified atom stereocenters. The van der Waals surface area contributed by atoms with Gasteiger partial charge in [0.2, 0.25) is 11.9 Å². The molecule has 4 aromatic carbocycles. The van der Waals surface area contributed by atoms with Gasteiger partial charge >= 0.3 is 0 Å². The first-order valence-corrected chi connectivity index (χ1v) is 18.6. The lowest BCUT2D eigenvalue weighted by atomic mass is 10.1. The average Bonchev–Trinajstić information content (AvgIpc) is 3.25. The Hall–Kier alpha value is -6.87. The highest BCUT2D eigenvalue weighted by molar-refractivity contribution is 6.33. The number of ketones is 1. The minimum Gasteiger partial charge on any atom is -0.355 e. The summed E-state index contributed by atoms with van der Waals surface area (Å²) in [7, 11) is 3.15. The van der Waals surface area contributed by atoms with Gasteiger partial charge in [0.15, 0.2) is 17.4 Å². The first kappa shape index (κ1) is 42.3. The molecule has 0 spiro atoms. The van der Waals surface area contributed by atoms with Gasteiger partial charge in [-0.05, 0) is 72.2 Å². The Morgan fingerprint density at radius 1 is 0.655 bits per heavy atom. The molecule has 0 bridgehead atoms. The minimum absolute atomic E-state index is 0.00662. The van der Waals surface area contributed by atoms with Crippen molar-refractivity contribution >= 4 is 87.1 Å². The number of benzene rings is 4. The molecule has 0 aliphatic heterocycles. The van der Waals surface area contributed by atoms with Gasteiger partial charge in [0.25, 0.3) is 11.8 Å². The number of allylic oxidation sites excluding steroid dienone is 1. The number of rotatable bonds is 15. The van der Waals surface area contributed by atoms with Gasteiger partial charge in [0, 0.05) is 38.4 Å². The maximum atomic E-state index is 12.1. The van der Waals surface area contributed by atoms with Crippen molar-refractivity contribution in [2.24, 2.45) is 5.73 Å². The van der Waals surface area contributed by atoms with Crippen molar-refractivity contribution in [2.45, 2.75) is 19.4 Å². The number of nitrogens with two attached hydrogens (primary N) is 1. The summed E-state index contributed by atoms with van der Waals surface area (Å²) < 4.78 is 0. The minimum atomic E-state index is -0.224. The van der Waals surface area contributed by atoms with Crippen molar-refractivity contribution in [3.63, 3.8) is 0 Å². The third-order valence-electron chi connectivity index (χ3n) is 8.28. The predicted octanol–water partition coefficient (Wildman–Crippen LogP) is 8.10. The average molecular weight is 819 g/mol. The molecule has 8 N–H and O–H groups in total. The molecule has 2 aromatic heterocycles. The van der Waals surface area contributed by atoms with Crippen LogP contribution in [0.1, 0.15) is 38.3 Å². The maximum absolute atomic E-state index is 12.1. The van der Waals surface area contributed by atoms with Crippen LogP contribution in [0.3, 0.4) is 0 Å². The van der Waals surface area contributed by atoms with Gasteiger partial charge in [-0.15, -0.1) is 0 Å². The van der Waals surface area contributed by atoms with E-state index in [9.17, 15) is 14.4 Å². The van der Waals surface area contributed by atoms with Crippen LogP contribution in [0.15, 0.2) is 122 Å². The molecule has 0 aliphatic rings. The van der Waals surface area contributed by atoms with Crippen molar-refractivity contribution in [3.8, 4) is 0 Å². The van der Waals surface area contributed by atoms with E-state index in [1.54, 1.807) is 50.5 Å². The largest absolute Gasteiger partial charge is 0.355 e. The number of nitrogens with zero attached hydrogens (tertiary/aromatic N) is 4. The molecule has 0 saturated heterocycles. The fourth-order valence-corrected chi connectivity index (χ4v) is 5.62. The summed E-state index contributed by atoms with van der Waals surface area (Å²) in [5.74, 6) is 1.03. The van der Waals surface area contributed by atoms with Crippen molar-refractivity contribution in [3.05, 3.63) is 154 Å². The van der Waals surface area contributed by atoms with Crippen LogP contribution < -0.4 is 37.6 Å². The quantitative estimate of drug-likeness (QED) is 0.0492. The lowest BCUT2D eigenvalue weighted by Gasteiger charge is -2.13. The number of amides is 2. The molecule has 6 aromatic rings. The van der Waals surface area contributed by atoms with E-state index in [1.807, 2.05) is 60.7 Å². The molecule has 0 radical (unpaired) electrons. The second kappa shape index (κ2) is 20.9. The second-order valence-corrected chi connectivity index (χ2v) is 13.1. The van der Waals surface area contributed by atoms with Gasteiger partial charge < -0.3 is 37.6 Å². The lowest BCUT2D eigenvalue weighted by molar-refractivity contribution is -0.114. The summed E-state index contributed by atoms with van der Waals surface area (Å²) in [6, 6.07) is 29.5. The van der Waals surface area contributed by atoms with E-state index in [-0.39, 0.29) is 17.6 Å². The summed E-state index contributed by atoms with van der Waals surface area (Å²) in [4.78, 5) is 52.9. The van der Waals surface area contributed by atoms with Crippen molar-refractivity contribution in [1.82, 2.24) is 30.6 Å². The van der Waals surface area contributed by atoms with E-state index < -0.39 is 0 Å². The van der Waals surface area contributed by atoms with Crippen molar-refractivity contribution < 1.29 is 14.4 Å². The Kier molecular flexibility index (Phi) is 15.2. The van der Waals surface area contributed by atoms with Crippen molar-refractivity contribution in [1.29, 1.82) is 0 Å². The van der Waals surface area contributed by atoms with E-state index in [2.05, 4.69) is 58.4 Å². The zero-order valence-electron chi connectivity index (χ0n) is 31.6. The number of hydrogen-bond donors (Lipinski definition) is 7. The van der Waals surface area contributed by atoms with Gasteiger partial charge in [-0.3, -0.25) is 14.4 Å². The summed E-state index contributed by atoms with van der Waals surface area (Å²) in [6.45, 7) is 3.94. The van der Waals surface area contributed by atoms with Gasteiger partial charge in [0.05, 0.1) is 34.9 Å². The third-order valence-corrected chi connectivity index (χ3v) is 8.83.